The number of rotatable bonds is 6. The Bertz CT molecular complexity index is 823. The van der Waals surface area contributed by atoms with E-state index in [2.05, 4.69) is 5.32 Å². The van der Waals surface area contributed by atoms with Gasteiger partial charge in [0.2, 0.25) is 0 Å². The first kappa shape index (κ1) is 18.8. The summed E-state index contributed by atoms with van der Waals surface area (Å²) >= 11 is 1.33. The van der Waals surface area contributed by atoms with Gasteiger partial charge in [0.1, 0.15) is 12.3 Å². The standard InChI is InChI=1S/C19H19N3O4S/c23-13-15(16-7-4-12-27-16)20-19(26)22-11-10-21(17(24)18(22)25)9-8-14-5-2-1-3-6-14/h1-7,12-13,15H,8-11H2,(H,20,26). The van der Waals surface area contributed by atoms with E-state index >= 15 is 0 Å². The molecule has 8 heteroatoms. The summed E-state index contributed by atoms with van der Waals surface area (Å²) < 4.78 is 0. The van der Waals surface area contributed by atoms with Crippen molar-refractivity contribution < 1.29 is 19.2 Å². The van der Waals surface area contributed by atoms with E-state index in [4.69, 9.17) is 0 Å². The van der Waals surface area contributed by atoms with Crippen molar-refractivity contribution in [3.05, 3.63) is 58.3 Å². The summed E-state index contributed by atoms with van der Waals surface area (Å²) in [6.07, 6.45) is 1.24. The van der Waals surface area contributed by atoms with Crippen LogP contribution in [0.25, 0.3) is 0 Å². The van der Waals surface area contributed by atoms with E-state index in [1.165, 1.54) is 16.2 Å². The van der Waals surface area contributed by atoms with Crippen molar-refractivity contribution in [2.75, 3.05) is 19.6 Å². The van der Waals surface area contributed by atoms with Crippen LogP contribution >= 0.6 is 11.3 Å². The lowest BCUT2D eigenvalue weighted by Gasteiger charge is -2.33. The second-order valence-corrected chi connectivity index (χ2v) is 7.04. The van der Waals surface area contributed by atoms with Gasteiger partial charge < -0.3 is 15.0 Å². The zero-order valence-corrected chi connectivity index (χ0v) is 15.4. The molecule has 1 aromatic carbocycles. The summed E-state index contributed by atoms with van der Waals surface area (Å²) in [5.41, 5.74) is 1.07. The van der Waals surface area contributed by atoms with Gasteiger partial charge in [0.15, 0.2) is 0 Å². The van der Waals surface area contributed by atoms with Crippen LogP contribution in [0.3, 0.4) is 0 Å². The molecular weight excluding hydrogens is 366 g/mol. The fourth-order valence-corrected chi connectivity index (χ4v) is 3.57. The Morgan fingerprint density at radius 1 is 1.11 bits per heavy atom. The molecule has 0 aliphatic carbocycles. The van der Waals surface area contributed by atoms with Gasteiger partial charge in [-0.05, 0) is 23.4 Å². The second kappa shape index (κ2) is 8.59. The third-order valence-electron chi connectivity index (χ3n) is 4.33. The fourth-order valence-electron chi connectivity index (χ4n) is 2.84. The van der Waals surface area contributed by atoms with Crippen LogP contribution in [0.2, 0.25) is 0 Å². The number of benzene rings is 1. The van der Waals surface area contributed by atoms with Gasteiger partial charge in [-0.3, -0.25) is 14.5 Å². The minimum Gasteiger partial charge on any atom is -0.332 e. The molecule has 1 saturated heterocycles. The molecule has 140 valence electrons. The first-order chi connectivity index (χ1) is 13.1. The number of aldehydes is 1. The van der Waals surface area contributed by atoms with Crippen molar-refractivity contribution in [2.45, 2.75) is 12.5 Å². The number of thiophene rings is 1. The predicted molar refractivity (Wildman–Crippen MR) is 100 cm³/mol. The lowest BCUT2D eigenvalue weighted by Crippen LogP contribution is -2.58. The molecule has 1 aliphatic rings. The molecule has 1 aromatic heterocycles. The number of piperazine rings is 1. The fraction of sp³-hybridized carbons (Fsp3) is 0.263. The normalized spacial score (nSPS) is 15.6. The summed E-state index contributed by atoms with van der Waals surface area (Å²) in [4.78, 5) is 51.3. The van der Waals surface area contributed by atoms with Gasteiger partial charge in [-0.1, -0.05) is 36.4 Å². The quantitative estimate of drug-likeness (QED) is 0.605. The van der Waals surface area contributed by atoms with Gasteiger partial charge in [-0.15, -0.1) is 11.3 Å². The molecule has 1 atom stereocenters. The molecule has 3 rings (SSSR count). The molecular formula is C19H19N3O4S. The Labute approximate surface area is 160 Å². The number of hydrogen-bond acceptors (Lipinski definition) is 5. The second-order valence-electron chi connectivity index (χ2n) is 6.06. The summed E-state index contributed by atoms with van der Waals surface area (Å²) in [7, 11) is 0. The van der Waals surface area contributed by atoms with E-state index in [1.807, 2.05) is 30.3 Å². The van der Waals surface area contributed by atoms with Crippen LogP contribution in [0.15, 0.2) is 47.8 Å². The third kappa shape index (κ3) is 4.40. The minimum atomic E-state index is -0.873. The highest BCUT2D eigenvalue weighted by Gasteiger charge is 2.36. The molecule has 2 heterocycles. The van der Waals surface area contributed by atoms with E-state index < -0.39 is 23.9 Å². The molecule has 0 saturated carbocycles. The van der Waals surface area contributed by atoms with Crippen LogP contribution in [-0.2, 0) is 20.8 Å². The number of nitrogens with zero attached hydrogens (tertiary/aromatic N) is 2. The number of nitrogens with one attached hydrogen (secondary N) is 1. The van der Waals surface area contributed by atoms with Crippen LogP contribution in [0.1, 0.15) is 16.5 Å². The van der Waals surface area contributed by atoms with E-state index in [1.54, 1.807) is 17.5 Å². The Balaban J connectivity index is 1.58. The van der Waals surface area contributed by atoms with E-state index in [-0.39, 0.29) is 13.1 Å². The molecule has 4 amide bonds. The summed E-state index contributed by atoms with van der Waals surface area (Å²) in [6, 6.07) is 11.6. The molecule has 1 N–H and O–H groups in total. The molecule has 0 bridgehead atoms. The third-order valence-corrected chi connectivity index (χ3v) is 5.29. The Kier molecular flexibility index (Phi) is 5.97. The van der Waals surface area contributed by atoms with Crippen molar-refractivity contribution in [1.29, 1.82) is 0 Å². The zero-order chi connectivity index (χ0) is 19.2. The SMILES string of the molecule is O=CC(NC(=O)N1CCN(CCc2ccccc2)C(=O)C1=O)c1cccs1. The first-order valence-electron chi connectivity index (χ1n) is 8.54. The number of hydrogen-bond donors (Lipinski definition) is 1. The monoisotopic (exact) mass is 385 g/mol. The van der Waals surface area contributed by atoms with Crippen molar-refractivity contribution in [1.82, 2.24) is 15.1 Å². The molecule has 0 radical (unpaired) electrons. The highest BCUT2D eigenvalue weighted by molar-refractivity contribution is 7.10. The molecule has 0 spiro atoms. The predicted octanol–water partition coefficient (Wildman–Crippen LogP) is 1.61. The van der Waals surface area contributed by atoms with Crippen LogP contribution in [0.4, 0.5) is 4.79 Å². The minimum absolute atomic E-state index is 0.0984. The number of carbonyl (C=O) groups excluding carboxylic acids is 4. The van der Waals surface area contributed by atoms with Crippen molar-refractivity contribution in [3.8, 4) is 0 Å². The number of imide groups is 1. The van der Waals surface area contributed by atoms with Crippen molar-refractivity contribution in [2.24, 2.45) is 0 Å². The smallest absolute Gasteiger partial charge is 0.325 e. The maximum Gasteiger partial charge on any atom is 0.325 e. The van der Waals surface area contributed by atoms with Gasteiger partial charge in [0.25, 0.3) is 0 Å². The molecule has 1 unspecified atom stereocenters. The van der Waals surface area contributed by atoms with Gasteiger partial charge in [0.05, 0.1) is 0 Å². The highest BCUT2D eigenvalue weighted by atomic mass is 32.1. The summed E-state index contributed by atoms with van der Waals surface area (Å²) in [6.45, 7) is 0.785. The van der Waals surface area contributed by atoms with Crippen molar-refractivity contribution in [3.63, 3.8) is 0 Å². The lowest BCUT2D eigenvalue weighted by atomic mass is 10.1. The molecule has 27 heavy (non-hydrogen) atoms. The van der Waals surface area contributed by atoms with Crippen LogP contribution in [0.5, 0.6) is 0 Å². The maximum absolute atomic E-state index is 12.4. The van der Waals surface area contributed by atoms with E-state index in [0.29, 0.717) is 24.1 Å². The van der Waals surface area contributed by atoms with Gasteiger partial charge in [-0.25, -0.2) is 4.79 Å². The molecule has 7 nitrogen and oxygen atoms in total. The topological polar surface area (TPSA) is 86.8 Å². The number of carbonyl (C=O) groups is 4. The number of amides is 4. The molecule has 2 aromatic rings. The Hall–Kier alpha value is -3.00. The van der Waals surface area contributed by atoms with Gasteiger partial charge in [0, 0.05) is 24.5 Å². The van der Waals surface area contributed by atoms with Gasteiger partial charge in [-0.2, -0.15) is 0 Å². The molecule has 1 aliphatic heterocycles. The Morgan fingerprint density at radius 2 is 1.89 bits per heavy atom. The summed E-state index contributed by atoms with van der Waals surface area (Å²) in [5, 5.41) is 4.29. The zero-order valence-electron chi connectivity index (χ0n) is 14.5. The average molecular weight is 385 g/mol. The van der Waals surface area contributed by atoms with Crippen LogP contribution in [0, 0.1) is 0 Å². The summed E-state index contributed by atoms with van der Waals surface area (Å²) in [5.74, 6) is -1.58. The lowest BCUT2D eigenvalue weighted by molar-refractivity contribution is -0.153. The maximum atomic E-state index is 12.4. The van der Waals surface area contributed by atoms with Crippen molar-refractivity contribution >= 4 is 35.5 Å². The highest BCUT2D eigenvalue weighted by Crippen LogP contribution is 2.18. The first-order valence-corrected chi connectivity index (χ1v) is 9.42. The largest absolute Gasteiger partial charge is 0.332 e. The van der Waals surface area contributed by atoms with Crippen LogP contribution in [-0.4, -0.2) is 53.6 Å². The molecule has 1 fully saturated rings. The van der Waals surface area contributed by atoms with E-state index in [0.717, 1.165) is 10.5 Å². The average Bonchev–Trinajstić information content (AvgIpc) is 3.22. The van der Waals surface area contributed by atoms with Gasteiger partial charge >= 0.3 is 17.8 Å². The Morgan fingerprint density at radius 3 is 2.56 bits per heavy atom. The number of urea groups is 1. The van der Waals surface area contributed by atoms with Crippen LogP contribution < -0.4 is 5.32 Å². The van der Waals surface area contributed by atoms with E-state index in [9.17, 15) is 19.2 Å².